The minimum Gasteiger partial charge on any atom is -0.306 e. The van der Waals surface area contributed by atoms with E-state index in [-0.39, 0.29) is 5.56 Å². The van der Waals surface area contributed by atoms with E-state index >= 15 is 0 Å². The second kappa shape index (κ2) is 5.87. The van der Waals surface area contributed by atoms with E-state index in [0.717, 1.165) is 6.42 Å². The number of benzene rings is 1. The van der Waals surface area contributed by atoms with Gasteiger partial charge in [0.05, 0.1) is 6.04 Å². The van der Waals surface area contributed by atoms with Crippen molar-refractivity contribution in [2.45, 2.75) is 26.3 Å². The molecule has 1 aromatic carbocycles. The summed E-state index contributed by atoms with van der Waals surface area (Å²) >= 11 is 0. The molecule has 94 valence electrons. The molecule has 0 aromatic heterocycles. The van der Waals surface area contributed by atoms with Gasteiger partial charge in [-0.15, -0.1) is 0 Å². The minimum atomic E-state index is -0.917. The highest BCUT2D eigenvalue weighted by Gasteiger charge is 2.21. The Morgan fingerprint density at radius 1 is 1.29 bits per heavy atom. The molecular formula is C13H16F3N. The molecule has 1 rings (SSSR count). The van der Waals surface area contributed by atoms with Crippen molar-refractivity contribution in [2.24, 2.45) is 0 Å². The Balaban J connectivity index is 3.14. The highest BCUT2D eigenvalue weighted by Crippen LogP contribution is 2.26. The third kappa shape index (κ3) is 3.33. The van der Waals surface area contributed by atoms with Gasteiger partial charge in [-0.3, -0.25) is 0 Å². The number of halogens is 3. The largest absolute Gasteiger partial charge is 0.306 e. The highest BCUT2D eigenvalue weighted by molar-refractivity contribution is 5.29. The second-order valence-corrected chi connectivity index (χ2v) is 4.02. The van der Waals surface area contributed by atoms with Gasteiger partial charge in [0, 0.05) is 17.7 Å². The van der Waals surface area contributed by atoms with Crippen molar-refractivity contribution in [3.05, 3.63) is 47.3 Å². The predicted octanol–water partition coefficient (Wildman–Crippen LogP) is 3.72. The zero-order chi connectivity index (χ0) is 13.0. The lowest BCUT2D eigenvalue weighted by atomic mass is 9.99. The first-order valence-corrected chi connectivity index (χ1v) is 5.50. The average molecular weight is 243 g/mol. The van der Waals surface area contributed by atoms with Crippen LogP contribution in [-0.4, -0.2) is 6.54 Å². The molecule has 1 atom stereocenters. The maximum absolute atomic E-state index is 13.6. The monoisotopic (exact) mass is 243 g/mol. The smallest absolute Gasteiger partial charge is 0.134 e. The first kappa shape index (κ1) is 13.8. The molecule has 0 saturated carbocycles. The van der Waals surface area contributed by atoms with Crippen LogP contribution in [-0.2, 0) is 0 Å². The van der Waals surface area contributed by atoms with Gasteiger partial charge >= 0.3 is 0 Å². The van der Waals surface area contributed by atoms with Crippen molar-refractivity contribution < 1.29 is 13.2 Å². The van der Waals surface area contributed by atoms with Crippen molar-refractivity contribution in [2.75, 3.05) is 6.54 Å². The molecule has 1 nitrogen and oxygen atoms in total. The van der Waals surface area contributed by atoms with Gasteiger partial charge in [0.2, 0.25) is 0 Å². The first-order valence-electron chi connectivity index (χ1n) is 5.50. The average Bonchev–Trinajstić information content (AvgIpc) is 2.20. The van der Waals surface area contributed by atoms with Gasteiger partial charge in [-0.1, -0.05) is 19.1 Å². The molecule has 4 heteroatoms. The Hall–Kier alpha value is -1.29. The molecule has 0 amide bonds. The topological polar surface area (TPSA) is 12.0 Å². The van der Waals surface area contributed by atoms with E-state index in [9.17, 15) is 13.2 Å². The summed E-state index contributed by atoms with van der Waals surface area (Å²) < 4.78 is 40.0. The highest BCUT2D eigenvalue weighted by atomic mass is 19.1. The SMILES string of the molecule is C=C(C)C(NCCC)c1c(F)cc(F)cc1F. The Bertz CT molecular complexity index is 392. The van der Waals surface area contributed by atoms with Gasteiger partial charge in [0.15, 0.2) is 0 Å². The molecule has 0 aliphatic rings. The van der Waals surface area contributed by atoms with Crippen LogP contribution in [0.2, 0.25) is 0 Å². The summed E-state index contributed by atoms with van der Waals surface area (Å²) in [5, 5.41) is 2.98. The molecular weight excluding hydrogens is 227 g/mol. The quantitative estimate of drug-likeness (QED) is 0.777. The maximum atomic E-state index is 13.6. The molecule has 0 aliphatic carbocycles. The lowest BCUT2D eigenvalue weighted by molar-refractivity contribution is 0.484. The van der Waals surface area contributed by atoms with Gasteiger partial charge in [-0.05, 0) is 19.9 Å². The maximum Gasteiger partial charge on any atom is 0.134 e. The number of hydrogen-bond acceptors (Lipinski definition) is 1. The normalized spacial score (nSPS) is 12.5. The third-order valence-electron chi connectivity index (χ3n) is 2.42. The van der Waals surface area contributed by atoms with Crippen molar-refractivity contribution in [1.29, 1.82) is 0 Å². The Morgan fingerprint density at radius 3 is 2.24 bits per heavy atom. The summed E-state index contributed by atoms with van der Waals surface area (Å²) in [4.78, 5) is 0. The first-order chi connectivity index (χ1) is 7.97. The molecule has 0 heterocycles. The van der Waals surface area contributed by atoms with Crippen LogP contribution in [0.3, 0.4) is 0 Å². The van der Waals surface area contributed by atoms with Crippen LogP contribution in [0, 0.1) is 17.5 Å². The van der Waals surface area contributed by atoms with Crippen LogP contribution >= 0.6 is 0 Å². The molecule has 0 aliphatic heterocycles. The van der Waals surface area contributed by atoms with E-state index in [1.807, 2.05) is 6.92 Å². The van der Waals surface area contributed by atoms with E-state index in [0.29, 0.717) is 24.3 Å². The zero-order valence-corrected chi connectivity index (χ0v) is 9.99. The van der Waals surface area contributed by atoms with Crippen LogP contribution in [0.25, 0.3) is 0 Å². The molecule has 0 radical (unpaired) electrons. The molecule has 1 aromatic rings. The molecule has 0 spiro atoms. The zero-order valence-electron chi connectivity index (χ0n) is 9.99. The van der Waals surface area contributed by atoms with Gasteiger partial charge in [0.25, 0.3) is 0 Å². The lowest BCUT2D eigenvalue weighted by Crippen LogP contribution is -2.25. The summed E-state index contributed by atoms with van der Waals surface area (Å²) in [5.41, 5.74) is 0.412. The fourth-order valence-electron chi connectivity index (χ4n) is 1.64. The molecule has 17 heavy (non-hydrogen) atoms. The van der Waals surface area contributed by atoms with Crippen LogP contribution in [0.15, 0.2) is 24.3 Å². The van der Waals surface area contributed by atoms with Gasteiger partial charge in [0.1, 0.15) is 17.5 Å². The number of rotatable bonds is 5. The van der Waals surface area contributed by atoms with Crippen molar-refractivity contribution in [3.8, 4) is 0 Å². The summed E-state index contributed by atoms with van der Waals surface area (Å²) in [7, 11) is 0. The predicted molar refractivity (Wildman–Crippen MR) is 62.2 cm³/mol. The summed E-state index contributed by atoms with van der Waals surface area (Å²) in [6, 6.07) is 0.736. The van der Waals surface area contributed by atoms with Gasteiger partial charge in [-0.2, -0.15) is 0 Å². The molecule has 0 saturated heterocycles. The van der Waals surface area contributed by atoms with E-state index in [4.69, 9.17) is 0 Å². The fourth-order valence-corrected chi connectivity index (χ4v) is 1.64. The van der Waals surface area contributed by atoms with E-state index in [2.05, 4.69) is 11.9 Å². The standard InChI is InChI=1S/C13H16F3N/c1-4-5-17-13(8(2)3)12-10(15)6-9(14)7-11(12)16/h6-7,13,17H,2,4-5H2,1,3H3. The lowest BCUT2D eigenvalue weighted by Gasteiger charge is -2.20. The van der Waals surface area contributed by atoms with Crippen LogP contribution in [0.4, 0.5) is 13.2 Å². The Kier molecular flexibility index (Phi) is 4.75. The fraction of sp³-hybridized carbons (Fsp3) is 0.385. The minimum absolute atomic E-state index is 0.174. The van der Waals surface area contributed by atoms with Crippen LogP contribution in [0.1, 0.15) is 31.9 Å². The number of nitrogens with one attached hydrogen (secondary N) is 1. The summed E-state index contributed by atoms with van der Waals surface area (Å²) in [6.45, 7) is 7.93. The van der Waals surface area contributed by atoms with Crippen molar-refractivity contribution in [3.63, 3.8) is 0 Å². The Morgan fingerprint density at radius 2 is 1.82 bits per heavy atom. The molecule has 0 fully saturated rings. The third-order valence-corrected chi connectivity index (χ3v) is 2.42. The van der Waals surface area contributed by atoms with Crippen molar-refractivity contribution in [1.82, 2.24) is 5.32 Å². The van der Waals surface area contributed by atoms with Crippen molar-refractivity contribution >= 4 is 0 Å². The van der Waals surface area contributed by atoms with E-state index < -0.39 is 23.5 Å². The summed E-state index contributed by atoms with van der Waals surface area (Å²) in [6.07, 6.45) is 0.828. The molecule has 1 N–H and O–H groups in total. The number of hydrogen-bond donors (Lipinski definition) is 1. The van der Waals surface area contributed by atoms with E-state index in [1.54, 1.807) is 6.92 Å². The van der Waals surface area contributed by atoms with E-state index in [1.165, 1.54) is 0 Å². The van der Waals surface area contributed by atoms with Gasteiger partial charge in [-0.25, -0.2) is 13.2 Å². The Labute approximate surface area is 99.3 Å². The second-order valence-electron chi connectivity index (χ2n) is 4.02. The molecule has 0 bridgehead atoms. The molecule has 1 unspecified atom stereocenters. The van der Waals surface area contributed by atoms with Gasteiger partial charge < -0.3 is 5.32 Å². The van der Waals surface area contributed by atoms with Crippen LogP contribution < -0.4 is 5.32 Å². The summed E-state index contributed by atoms with van der Waals surface area (Å²) in [5.74, 6) is -2.70. The van der Waals surface area contributed by atoms with Crippen LogP contribution in [0.5, 0.6) is 0 Å².